The van der Waals surface area contributed by atoms with Gasteiger partial charge >= 0.3 is 0 Å². The summed E-state index contributed by atoms with van der Waals surface area (Å²) in [5.41, 5.74) is 0.237. The minimum absolute atomic E-state index is 0.00671. The van der Waals surface area contributed by atoms with Crippen molar-refractivity contribution in [3.05, 3.63) is 59.5 Å². The molecule has 0 unspecified atom stereocenters. The first-order chi connectivity index (χ1) is 12.7. The van der Waals surface area contributed by atoms with Crippen molar-refractivity contribution in [3.8, 4) is 0 Å². The summed E-state index contributed by atoms with van der Waals surface area (Å²) in [5.74, 6) is 0.875. The van der Waals surface area contributed by atoms with Crippen LogP contribution in [-0.4, -0.2) is 11.2 Å². The molecule has 0 saturated carbocycles. The first kappa shape index (κ1) is 14.7. The third-order valence-corrected chi connectivity index (χ3v) is 2.68. The molecule has 0 spiro atoms. The van der Waals surface area contributed by atoms with E-state index in [4.69, 9.17) is 19.4 Å². The molecule has 24 heavy (non-hydrogen) atoms. The first-order valence-corrected chi connectivity index (χ1v) is 8.09. The second-order valence-electron chi connectivity index (χ2n) is 7.49. The molecular formula is C21H32O3. The number of hydrogen-bond donors (Lipinski definition) is 0. The topological polar surface area (TPSA) is 31.6 Å². The lowest BCUT2D eigenvalue weighted by atomic mass is 10.1. The summed E-state index contributed by atoms with van der Waals surface area (Å²) >= 11 is 0. The van der Waals surface area contributed by atoms with E-state index in [1.165, 1.54) is 0 Å². The Balaban J connectivity index is 0.000000307. The normalized spacial score (nSPS) is 14.1. The molecule has 0 fully saturated rings. The molecule has 0 bridgehead atoms. The van der Waals surface area contributed by atoms with Crippen molar-refractivity contribution >= 4 is 0 Å². The number of hydrogen-bond acceptors (Lipinski definition) is 3. The minimum atomic E-state index is -0.367. The van der Waals surface area contributed by atoms with E-state index in [1.807, 2.05) is 53.7 Å². The van der Waals surface area contributed by atoms with Gasteiger partial charge in [-0.3, -0.25) is 0 Å². The molecule has 1 heterocycles. The Bertz CT molecular complexity index is 728. The van der Waals surface area contributed by atoms with Gasteiger partial charge in [0.15, 0.2) is 0 Å². The van der Waals surface area contributed by atoms with Crippen LogP contribution in [0.5, 0.6) is 0 Å². The summed E-state index contributed by atoms with van der Waals surface area (Å²) in [7, 11) is 0. The lowest BCUT2D eigenvalue weighted by Crippen LogP contribution is -2.18. The Morgan fingerprint density at radius 2 is 1.46 bits per heavy atom. The Labute approximate surface area is 152 Å². The highest BCUT2D eigenvalue weighted by atomic mass is 16.5. The van der Waals surface area contributed by atoms with Crippen molar-refractivity contribution in [1.82, 2.24) is 0 Å². The van der Waals surface area contributed by atoms with Crippen LogP contribution in [0.25, 0.3) is 0 Å². The van der Waals surface area contributed by atoms with Gasteiger partial charge in [-0.2, -0.15) is 0 Å². The molecular weight excluding hydrogens is 300 g/mol. The summed E-state index contributed by atoms with van der Waals surface area (Å²) in [5, 5.41) is 0. The van der Waals surface area contributed by atoms with Gasteiger partial charge in [0.2, 0.25) is 0 Å². The van der Waals surface area contributed by atoms with Gasteiger partial charge in [0.05, 0.1) is 29.6 Å². The molecule has 2 aromatic rings. The molecule has 0 N–H and O–H groups in total. The van der Waals surface area contributed by atoms with Crippen molar-refractivity contribution in [2.45, 2.75) is 72.9 Å². The fourth-order valence-electron chi connectivity index (χ4n) is 1.44. The van der Waals surface area contributed by atoms with E-state index in [2.05, 4.69) is 0 Å². The smallest absolute Gasteiger partial charge is 0.129 e. The number of furan rings is 1. The summed E-state index contributed by atoms with van der Waals surface area (Å²) in [6.45, 7) is 14.0. The van der Waals surface area contributed by atoms with E-state index in [0.717, 1.165) is 5.76 Å². The van der Waals surface area contributed by atoms with Crippen LogP contribution in [0.1, 0.15) is 63.9 Å². The second kappa shape index (κ2) is 9.05. The van der Waals surface area contributed by atoms with E-state index in [1.54, 1.807) is 13.2 Å². The molecule has 0 aliphatic carbocycles. The van der Waals surface area contributed by atoms with Crippen LogP contribution in [-0.2, 0) is 22.7 Å². The quantitative estimate of drug-likeness (QED) is 0.696. The highest BCUT2D eigenvalue weighted by molar-refractivity contribution is 5.20. The molecule has 0 atom stereocenters. The molecule has 2 rings (SSSR count). The van der Waals surface area contributed by atoms with Crippen molar-refractivity contribution in [2.24, 2.45) is 0 Å². The Kier molecular flexibility index (Phi) is 5.56. The largest absolute Gasteiger partial charge is 0.467 e. The third kappa shape index (κ3) is 10.2. The molecule has 1 aromatic heterocycles. The van der Waals surface area contributed by atoms with Crippen LogP contribution < -0.4 is 0 Å². The predicted molar refractivity (Wildman–Crippen MR) is 99.0 cm³/mol. The Morgan fingerprint density at radius 1 is 0.917 bits per heavy atom. The second-order valence-corrected chi connectivity index (χ2v) is 7.49. The van der Waals surface area contributed by atoms with Gasteiger partial charge in [0, 0.05) is 0 Å². The van der Waals surface area contributed by atoms with Crippen molar-refractivity contribution in [1.29, 1.82) is 0 Å². The molecule has 0 amide bonds. The average molecular weight is 337 g/mol. The molecule has 0 radical (unpaired) electrons. The SMILES string of the molecule is CC(C)(C)OCc1ccco1.[2H]c1c([2H])c(COC(C)(C)C)c([2H])c([2H])c1C. The third-order valence-electron chi connectivity index (χ3n) is 2.68. The maximum Gasteiger partial charge on any atom is 0.129 e. The molecule has 3 heteroatoms. The fraction of sp³-hybridized carbons (Fsp3) is 0.524. The van der Waals surface area contributed by atoms with E-state index < -0.39 is 0 Å². The summed E-state index contributed by atoms with van der Waals surface area (Å²) in [4.78, 5) is 0. The maximum absolute atomic E-state index is 7.81. The standard InChI is InChI=1S/C12H18O.C9H14O2/c1-10-5-7-11(8-6-10)9-13-12(2,3)4;1-9(2,3)11-7-8-5-4-6-10-8/h5-8H,9H2,1-4H3;4-6H,7H2,1-3H3/i5D,6D,7D,8D;. The number of ether oxygens (including phenoxy) is 2. The molecule has 3 nitrogen and oxygen atoms in total. The number of rotatable bonds is 4. The van der Waals surface area contributed by atoms with Gasteiger partial charge in [-0.25, -0.2) is 0 Å². The van der Waals surface area contributed by atoms with Crippen LogP contribution in [0.2, 0.25) is 0 Å². The van der Waals surface area contributed by atoms with Gasteiger partial charge in [0.1, 0.15) is 12.4 Å². The van der Waals surface area contributed by atoms with Crippen molar-refractivity contribution in [3.63, 3.8) is 0 Å². The zero-order valence-corrected chi connectivity index (χ0v) is 15.9. The highest BCUT2D eigenvalue weighted by Crippen LogP contribution is 2.12. The van der Waals surface area contributed by atoms with Crippen molar-refractivity contribution in [2.75, 3.05) is 0 Å². The van der Waals surface area contributed by atoms with Gasteiger partial charge in [0.25, 0.3) is 0 Å². The summed E-state index contributed by atoms with van der Waals surface area (Å²) in [6, 6.07) is 3.78. The van der Waals surface area contributed by atoms with E-state index in [-0.39, 0.29) is 42.0 Å². The molecule has 0 aliphatic rings. The number of benzene rings is 1. The summed E-state index contributed by atoms with van der Waals surface area (Å²) < 4.78 is 47.1. The summed E-state index contributed by atoms with van der Waals surface area (Å²) in [6.07, 6.45) is 1.65. The molecule has 134 valence electrons. The zero-order valence-electron chi connectivity index (χ0n) is 19.9. The highest BCUT2D eigenvalue weighted by Gasteiger charge is 2.10. The monoisotopic (exact) mass is 336 g/mol. The molecule has 1 aromatic carbocycles. The lowest BCUT2D eigenvalue weighted by Gasteiger charge is -2.19. The van der Waals surface area contributed by atoms with E-state index in [0.29, 0.717) is 17.7 Å². The molecule has 0 saturated heterocycles. The van der Waals surface area contributed by atoms with Crippen molar-refractivity contribution < 1.29 is 19.4 Å². The fourth-order valence-corrected chi connectivity index (χ4v) is 1.44. The average Bonchev–Trinajstić information content (AvgIpc) is 3.09. The van der Waals surface area contributed by atoms with Crippen LogP contribution in [0.3, 0.4) is 0 Å². The minimum Gasteiger partial charge on any atom is -0.467 e. The van der Waals surface area contributed by atoms with Crippen LogP contribution in [0.15, 0.2) is 47.0 Å². The maximum atomic E-state index is 7.81. The molecule has 0 aliphatic heterocycles. The van der Waals surface area contributed by atoms with E-state index >= 15 is 0 Å². The lowest BCUT2D eigenvalue weighted by molar-refractivity contribution is -0.0224. The zero-order chi connectivity index (χ0) is 21.7. The van der Waals surface area contributed by atoms with Gasteiger partial charge < -0.3 is 13.9 Å². The van der Waals surface area contributed by atoms with Crippen LogP contribution in [0, 0.1) is 6.92 Å². The van der Waals surface area contributed by atoms with Gasteiger partial charge in [-0.05, 0) is 66.2 Å². The Morgan fingerprint density at radius 3 is 1.92 bits per heavy atom. The predicted octanol–water partition coefficient (Wildman–Crippen LogP) is 5.90. The first-order valence-electron chi connectivity index (χ1n) is 10.1. The van der Waals surface area contributed by atoms with Gasteiger partial charge in [-0.1, -0.05) is 29.7 Å². The van der Waals surface area contributed by atoms with Crippen LogP contribution in [0.4, 0.5) is 0 Å². The van der Waals surface area contributed by atoms with Gasteiger partial charge in [-0.15, -0.1) is 0 Å². The Hall–Kier alpha value is -1.58. The van der Waals surface area contributed by atoms with E-state index in [9.17, 15) is 0 Å². The van der Waals surface area contributed by atoms with Crippen LogP contribution >= 0.6 is 0 Å².